The number of aromatic amines is 3. The summed E-state index contributed by atoms with van der Waals surface area (Å²) in [4.78, 5) is 136. The predicted octanol–water partition coefficient (Wildman–Crippen LogP) is 1.47. The normalized spacial score (nSPS) is 13.4. The van der Waals surface area contributed by atoms with Crippen LogP contribution >= 0.6 is 0 Å². The van der Waals surface area contributed by atoms with Gasteiger partial charge in [-0.25, -0.2) is 0 Å². The first kappa shape index (κ1) is 74.8. The molecule has 0 fully saturated rings. The maximum atomic E-state index is 15.3. The number of rotatable bonds is 44. The molecule has 6 rings (SSSR count). The van der Waals surface area contributed by atoms with Crippen LogP contribution in [0.15, 0.2) is 106 Å². The first-order valence-corrected chi connectivity index (χ1v) is 33.2. The van der Waals surface area contributed by atoms with E-state index in [0.29, 0.717) is 48.9 Å². The number of benzene rings is 3. The number of aromatic nitrogens is 3. The van der Waals surface area contributed by atoms with Crippen LogP contribution in [0.3, 0.4) is 0 Å². The third kappa shape index (κ3) is 24.9. The molecule has 26 N–H and O–H groups in total. The first-order chi connectivity index (χ1) is 46.2. The number of unbranched alkanes of at least 4 members (excludes halogenated alkanes) is 7. The lowest BCUT2D eigenvalue weighted by Gasteiger charge is -2.28. The number of carbonyl (C=O) groups is 8. The van der Waals surface area contributed by atoms with Gasteiger partial charge in [0, 0.05) is 103 Å². The van der Waals surface area contributed by atoms with Crippen LogP contribution in [-0.4, -0.2) is 149 Å². The first-order valence-electron chi connectivity index (χ1n) is 33.2. The third-order valence-corrected chi connectivity index (χ3v) is 16.6. The molecule has 29 nitrogen and oxygen atoms in total. The predicted molar refractivity (Wildman–Crippen MR) is 374 cm³/mol. The van der Waals surface area contributed by atoms with Gasteiger partial charge in [0.15, 0.2) is 17.9 Å². The second kappa shape index (κ2) is 39.5. The van der Waals surface area contributed by atoms with E-state index in [1.165, 1.54) is 19.3 Å². The lowest BCUT2D eigenvalue weighted by Crippen LogP contribution is -2.60. The molecule has 0 saturated carbocycles. The zero-order valence-corrected chi connectivity index (χ0v) is 54.9. The highest BCUT2D eigenvalue weighted by Gasteiger charge is 2.35. The van der Waals surface area contributed by atoms with Crippen LogP contribution in [0.2, 0.25) is 0 Å². The van der Waals surface area contributed by atoms with Crippen LogP contribution in [0.25, 0.3) is 32.7 Å². The summed E-state index contributed by atoms with van der Waals surface area (Å²) in [5.74, 6) is -6.02. The maximum Gasteiger partial charge on any atom is 0.243 e. The Balaban J connectivity index is 1.27. The van der Waals surface area contributed by atoms with Crippen molar-refractivity contribution < 1.29 is 38.4 Å². The molecule has 520 valence electrons. The highest BCUT2D eigenvalue weighted by molar-refractivity contribution is 5.99. The Morgan fingerprint density at radius 2 is 0.740 bits per heavy atom. The van der Waals surface area contributed by atoms with Gasteiger partial charge in [-0.1, -0.05) is 100 Å². The molecule has 0 aliphatic rings. The van der Waals surface area contributed by atoms with Crippen molar-refractivity contribution in [3.63, 3.8) is 0 Å². The lowest BCUT2D eigenvalue weighted by molar-refractivity contribution is -0.135. The smallest absolute Gasteiger partial charge is 0.243 e. The molecule has 3 aromatic carbocycles. The number of aliphatic imine (C=N–C) groups is 3. The fourth-order valence-corrected chi connectivity index (χ4v) is 11.3. The average molecular weight is 1330 g/mol. The van der Waals surface area contributed by atoms with E-state index >= 15 is 14.4 Å². The van der Waals surface area contributed by atoms with Crippen LogP contribution in [0.4, 0.5) is 0 Å². The molecule has 96 heavy (non-hydrogen) atoms. The van der Waals surface area contributed by atoms with E-state index < -0.39 is 83.6 Å². The number of H-pyrrole nitrogens is 3. The summed E-state index contributed by atoms with van der Waals surface area (Å²) in [6, 6.07) is 12.9. The number of hydrogen-bond acceptors (Lipinski definition) is 12. The minimum atomic E-state index is -1.46. The highest BCUT2D eigenvalue weighted by atomic mass is 16.2. The van der Waals surface area contributed by atoms with E-state index in [-0.39, 0.29) is 101 Å². The van der Waals surface area contributed by atoms with Crippen molar-refractivity contribution in [1.29, 1.82) is 0 Å². The van der Waals surface area contributed by atoms with Gasteiger partial charge in [0.05, 0.1) is 6.04 Å². The van der Waals surface area contributed by atoms with Crippen LogP contribution in [0, 0.1) is 0 Å². The van der Waals surface area contributed by atoms with Gasteiger partial charge in [0.2, 0.25) is 47.3 Å². The van der Waals surface area contributed by atoms with Gasteiger partial charge in [-0.3, -0.25) is 53.3 Å². The summed E-state index contributed by atoms with van der Waals surface area (Å²) in [5, 5.41) is 22.2. The molecule has 29 heteroatoms. The number of para-hydroxylation sites is 3. The van der Waals surface area contributed by atoms with Gasteiger partial charge in [0.25, 0.3) is 0 Å². The van der Waals surface area contributed by atoms with E-state index in [0.717, 1.165) is 58.4 Å². The highest BCUT2D eigenvalue weighted by Crippen LogP contribution is 2.23. The fraction of sp³-hybridized carbons (Fsp3) is 0.478. The lowest BCUT2D eigenvalue weighted by atomic mass is 10.0. The Hall–Kier alpha value is -10.2. The molecule has 0 saturated heterocycles. The monoisotopic (exact) mass is 1330 g/mol. The maximum absolute atomic E-state index is 15.3. The van der Waals surface area contributed by atoms with Gasteiger partial charge in [-0.2, -0.15) is 0 Å². The van der Waals surface area contributed by atoms with E-state index in [9.17, 15) is 24.0 Å². The van der Waals surface area contributed by atoms with Gasteiger partial charge >= 0.3 is 0 Å². The standard InChI is InChI=1S/C67H99N21O8/c1-2-3-4-5-6-7-8-30-57(89)76-31-16-15-27-51(58(69)90)83-62(94)55(36-42-39-81-49-25-13-10-21-45(42)49)87-60(92)53(29-19-34-79-67(74)75)85-64(96)56(37-43-40-82-50-26-14-11-22-46(43)50)88-61(93)52(28-18-33-78-66(72)73)84-63(95)54(35-41-38-80-48-24-12-9-20-44(41)48)86-59(91)47(68)23-17-32-77-65(70)71/h9-14,20-22,24-26,38-40,47,51-56,80-82H,2-8,15-19,23,27-37,68H2,1H3,(H2,69,90)(H,76,89)(H,83,94)(H,84,95)(H,85,96)(H,86,91)(H,87,92)(H,88,93)(H4,70,71,77)(H4,72,73,78)(H4,74,75,79)/t47-,51+,52+,53+,54-,55+,56+/m1/s1. The Bertz CT molecular complexity index is 3600. The average Bonchev–Trinajstić information content (AvgIpc) is 1.65. The minimum Gasteiger partial charge on any atom is -0.370 e. The van der Waals surface area contributed by atoms with Crippen molar-refractivity contribution in [3.8, 4) is 0 Å². The van der Waals surface area contributed by atoms with Crippen molar-refractivity contribution >= 4 is 97.8 Å². The third-order valence-electron chi connectivity index (χ3n) is 16.6. The Morgan fingerprint density at radius 3 is 1.15 bits per heavy atom. The number of primary amides is 1. The molecule has 7 atom stereocenters. The molecular weight excluding hydrogens is 1230 g/mol. The molecule has 0 aliphatic heterocycles. The minimum absolute atomic E-state index is 0.0360. The van der Waals surface area contributed by atoms with Crippen molar-refractivity contribution in [3.05, 3.63) is 108 Å². The zero-order valence-electron chi connectivity index (χ0n) is 54.9. The van der Waals surface area contributed by atoms with Crippen molar-refractivity contribution in [1.82, 2.24) is 52.2 Å². The summed E-state index contributed by atoms with van der Waals surface area (Å²) < 4.78 is 0. The van der Waals surface area contributed by atoms with E-state index in [2.05, 4.69) is 74.1 Å². The van der Waals surface area contributed by atoms with Crippen LogP contribution in [0.1, 0.15) is 133 Å². The summed E-state index contributed by atoms with van der Waals surface area (Å²) in [7, 11) is 0. The summed E-state index contributed by atoms with van der Waals surface area (Å²) in [6.45, 7) is 2.83. The van der Waals surface area contributed by atoms with Crippen molar-refractivity contribution in [2.75, 3.05) is 26.2 Å². The second-order valence-corrected chi connectivity index (χ2v) is 24.1. The number of nitrogens with zero attached hydrogens (tertiary/aromatic N) is 3. The number of hydrogen-bond donors (Lipinski definition) is 18. The van der Waals surface area contributed by atoms with E-state index in [1.807, 2.05) is 72.8 Å². The van der Waals surface area contributed by atoms with Gasteiger partial charge in [-0.05, 0) is 99.1 Å². The number of amides is 8. The molecule has 0 radical (unpaired) electrons. The number of nitrogens with two attached hydrogens (primary N) is 8. The molecular formula is C67H99N21O8. The topological polar surface area (TPSA) is 513 Å². The van der Waals surface area contributed by atoms with Crippen LogP contribution in [0.5, 0.6) is 0 Å². The summed E-state index contributed by atoms with van der Waals surface area (Å²) in [6.07, 6.45) is 14.6. The molecule has 0 bridgehead atoms. The SMILES string of the molecule is CCCCCCCCCC(=O)NCCCC[C@H](NC(=O)[C@H](Cc1c[nH]c2ccccc12)NC(=O)[C@H](CCCN=C(N)N)NC(=O)[C@H](Cc1c[nH]c2ccccc12)NC(=O)[C@H](CCCN=C(N)N)NC(=O)[C@@H](Cc1c[nH]c2ccccc12)NC(=O)[C@H](N)CCCN=C(N)N)C(N)=O. The van der Waals surface area contributed by atoms with Crippen molar-refractivity contribution in [2.45, 2.75) is 178 Å². The Morgan fingerprint density at radius 1 is 0.396 bits per heavy atom. The molecule has 3 aromatic heterocycles. The fourth-order valence-electron chi connectivity index (χ4n) is 11.3. The molecule has 6 aromatic rings. The molecule has 0 aliphatic carbocycles. The number of carbonyl (C=O) groups excluding carboxylic acids is 8. The molecule has 3 heterocycles. The largest absolute Gasteiger partial charge is 0.370 e. The zero-order chi connectivity index (χ0) is 69.4. The second-order valence-electron chi connectivity index (χ2n) is 24.1. The van der Waals surface area contributed by atoms with Crippen LogP contribution in [-0.2, 0) is 57.6 Å². The van der Waals surface area contributed by atoms with E-state index in [1.54, 1.807) is 18.6 Å². The molecule has 0 spiro atoms. The number of nitrogens with one attached hydrogen (secondary N) is 10. The summed E-state index contributed by atoms with van der Waals surface area (Å²) in [5.41, 5.74) is 50.1. The quantitative estimate of drug-likeness (QED) is 0.0146. The Kier molecular flexibility index (Phi) is 30.8. The van der Waals surface area contributed by atoms with Gasteiger partial charge in [-0.15, -0.1) is 0 Å². The molecule has 0 unspecified atom stereocenters. The van der Waals surface area contributed by atoms with Gasteiger partial charge in [0.1, 0.15) is 36.3 Å². The van der Waals surface area contributed by atoms with E-state index in [4.69, 9.17) is 45.9 Å². The number of guanidine groups is 3. The Labute approximate surface area is 558 Å². The number of fused-ring (bicyclic) bond motifs is 3. The molecule has 8 amide bonds. The van der Waals surface area contributed by atoms with Crippen LogP contribution < -0.4 is 83.1 Å². The summed E-state index contributed by atoms with van der Waals surface area (Å²) >= 11 is 0. The van der Waals surface area contributed by atoms with Crippen molar-refractivity contribution in [2.24, 2.45) is 60.8 Å². The van der Waals surface area contributed by atoms with Gasteiger partial charge < -0.3 is 98.0 Å².